The van der Waals surface area contributed by atoms with Crippen LogP contribution in [0.4, 0.5) is 0 Å². The van der Waals surface area contributed by atoms with Crippen molar-refractivity contribution in [3.63, 3.8) is 0 Å². The number of carbonyl (C=O) groups is 1. The molecule has 3 nitrogen and oxygen atoms in total. The fourth-order valence-corrected chi connectivity index (χ4v) is 2.46. The van der Waals surface area contributed by atoms with Crippen LogP contribution < -0.4 is 10.5 Å². The third kappa shape index (κ3) is 2.86. The number of methoxy groups -OCH3 is 1. The first kappa shape index (κ1) is 12.1. The lowest BCUT2D eigenvalue weighted by molar-refractivity contribution is 0.0881. The molecule has 2 atom stereocenters. The average Bonchev–Trinajstić information content (AvgIpc) is 2.38. The van der Waals surface area contributed by atoms with Gasteiger partial charge in [0.05, 0.1) is 7.11 Å². The minimum Gasteiger partial charge on any atom is -0.497 e. The van der Waals surface area contributed by atoms with Crippen LogP contribution in [-0.4, -0.2) is 18.9 Å². The number of carbonyl (C=O) groups excluding carboxylic acids is 1. The second-order valence-electron chi connectivity index (χ2n) is 4.72. The first-order valence-electron chi connectivity index (χ1n) is 6.14. The maximum absolute atomic E-state index is 12.2. The topological polar surface area (TPSA) is 52.3 Å². The fourth-order valence-electron chi connectivity index (χ4n) is 2.46. The molecule has 1 aromatic rings. The Morgan fingerprint density at radius 1 is 1.29 bits per heavy atom. The Morgan fingerprint density at radius 2 is 2.00 bits per heavy atom. The summed E-state index contributed by atoms with van der Waals surface area (Å²) in [4.78, 5) is 12.2. The van der Waals surface area contributed by atoms with Gasteiger partial charge in [0.2, 0.25) is 0 Å². The quantitative estimate of drug-likeness (QED) is 0.816. The zero-order valence-electron chi connectivity index (χ0n) is 10.2. The van der Waals surface area contributed by atoms with E-state index in [1.807, 2.05) is 24.3 Å². The van der Waals surface area contributed by atoms with Crippen LogP contribution in [0.15, 0.2) is 24.3 Å². The van der Waals surface area contributed by atoms with E-state index in [-0.39, 0.29) is 17.7 Å². The monoisotopic (exact) mass is 233 g/mol. The minimum absolute atomic E-state index is 0.104. The van der Waals surface area contributed by atoms with Gasteiger partial charge < -0.3 is 10.5 Å². The summed E-state index contributed by atoms with van der Waals surface area (Å²) in [6.45, 7) is 0. The molecule has 0 bridgehead atoms. The summed E-state index contributed by atoms with van der Waals surface area (Å²) in [6.07, 6.45) is 3.91. The molecule has 2 unspecified atom stereocenters. The number of benzene rings is 1. The Kier molecular flexibility index (Phi) is 3.79. The standard InChI is InChI=1S/C14H19NO2/c1-17-13-7-5-10(6-8-13)14(16)11-3-2-4-12(15)9-11/h5-8,11-12H,2-4,9,15H2,1H3. The summed E-state index contributed by atoms with van der Waals surface area (Å²) in [5.74, 6) is 1.11. The van der Waals surface area contributed by atoms with Crippen LogP contribution in [0.2, 0.25) is 0 Å². The molecule has 2 rings (SSSR count). The van der Waals surface area contributed by atoms with E-state index < -0.39 is 0 Å². The maximum Gasteiger partial charge on any atom is 0.166 e. The van der Waals surface area contributed by atoms with Crippen LogP contribution in [0.5, 0.6) is 5.75 Å². The van der Waals surface area contributed by atoms with Crippen LogP contribution >= 0.6 is 0 Å². The third-order valence-corrected chi connectivity index (χ3v) is 3.46. The normalized spacial score (nSPS) is 24.4. The summed E-state index contributed by atoms with van der Waals surface area (Å²) >= 11 is 0. The molecule has 1 saturated carbocycles. The Labute approximate surface area is 102 Å². The van der Waals surface area contributed by atoms with Gasteiger partial charge in [0.15, 0.2) is 5.78 Å². The molecule has 0 radical (unpaired) electrons. The second kappa shape index (κ2) is 5.32. The minimum atomic E-state index is 0.104. The molecule has 0 spiro atoms. The Bertz CT molecular complexity index is 386. The van der Waals surface area contributed by atoms with Crippen molar-refractivity contribution in [2.45, 2.75) is 31.7 Å². The van der Waals surface area contributed by atoms with Gasteiger partial charge in [0, 0.05) is 17.5 Å². The summed E-state index contributed by atoms with van der Waals surface area (Å²) in [7, 11) is 1.62. The number of hydrogen-bond donors (Lipinski definition) is 1. The van der Waals surface area contributed by atoms with Gasteiger partial charge in [-0.15, -0.1) is 0 Å². The lowest BCUT2D eigenvalue weighted by Gasteiger charge is -2.25. The van der Waals surface area contributed by atoms with Crippen molar-refractivity contribution in [2.75, 3.05) is 7.11 Å². The van der Waals surface area contributed by atoms with Crippen molar-refractivity contribution < 1.29 is 9.53 Å². The van der Waals surface area contributed by atoms with Gasteiger partial charge in [-0.3, -0.25) is 4.79 Å². The highest BCUT2D eigenvalue weighted by Crippen LogP contribution is 2.27. The Balaban J connectivity index is 2.07. The van der Waals surface area contributed by atoms with Crippen LogP contribution in [0.3, 0.4) is 0 Å². The van der Waals surface area contributed by atoms with E-state index in [2.05, 4.69) is 0 Å². The van der Waals surface area contributed by atoms with Gasteiger partial charge in [0.25, 0.3) is 0 Å². The Hall–Kier alpha value is -1.35. The summed E-state index contributed by atoms with van der Waals surface area (Å²) < 4.78 is 5.08. The van der Waals surface area contributed by atoms with E-state index in [1.54, 1.807) is 7.11 Å². The SMILES string of the molecule is COc1ccc(C(=O)C2CCCC(N)C2)cc1. The van der Waals surface area contributed by atoms with Gasteiger partial charge in [-0.2, -0.15) is 0 Å². The molecular weight excluding hydrogens is 214 g/mol. The van der Waals surface area contributed by atoms with Crippen molar-refractivity contribution in [2.24, 2.45) is 11.7 Å². The number of hydrogen-bond acceptors (Lipinski definition) is 3. The van der Waals surface area contributed by atoms with E-state index >= 15 is 0 Å². The zero-order chi connectivity index (χ0) is 12.3. The van der Waals surface area contributed by atoms with E-state index in [4.69, 9.17) is 10.5 Å². The van der Waals surface area contributed by atoms with E-state index in [9.17, 15) is 4.79 Å². The predicted octanol–water partition coefficient (Wildman–Crippen LogP) is 2.40. The highest BCUT2D eigenvalue weighted by atomic mass is 16.5. The van der Waals surface area contributed by atoms with Crippen molar-refractivity contribution in [3.8, 4) is 5.75 Å². The van der Waals surface area contributed by atoms with Crippen LogP contribution in [0, 0.1) is 5.92 Å². The van der Waals surface area contributed by atoms with Gasteiger partial charge in [0.1, 0.15) is 5.75 Å². The molecule has 17 heavy (non-hydrogen) atoms. The molecule has 1 aliphatic carbocycles. The van der Waals surface area contributed by atoms with Gasteiger partial charge >= 0.3 is 0 Å². The highest BCUT2D eigenvalue weighted by Gasteiger charge is 2.25. The molecule has 3 heteroatoms. The molecule has 1 aromatic carbocycles. The Morgan fingerprint density at radius 3 is 2.59 bits per heavy atom. The van der Waals surface area contributed by atoms with Crippen molar-refractivity contribution >= 4 is 5.78 Å². The maximum atomic E-state index is 12.2. The molecule has 0 heterocycles. The third-order valence-electron chi connectivity index (χ3n) is 3.46. The van der Waals surface area contributed by atoms with Gasteiger partial charge in [-0.1, -0.05) is 6.42 Å². The number of ketones is 1. The number of ether oxygens (including phenoxy) is 1. The molecule has 0 amide bonds. The number of nitrogens with two attached hydrogens (primary N) is 1. The smallest absolute Gasteiger partial charge is 0.166 e. The second-order valence-corrected chi connectivity index (χ2v) is 4.72. The molecular formula is C14H19NO2. The average molecular weight is 233 g/mol. The van der Waals surface area contributed by atoms with E-state index in [0.717, 1.165) is 37.0 Å². The van der Waals surface area contributed by atoms with Crippen LogP contribution in [0.1, 0.15) is 36.0 Å². The summed E-state index contributed by atoms with van der Waals surface area (Å²) in [5.41, 5.74) is 6.68. The molecule has 0 aromatic heterocycles. The van der Waals surface area contributed by atoms with Crippen LogP contribution in [0.25, 0.3) is 0 Å². The molecule has 0 aliphatic heterocycles. The molecule has 92 valence electrons. The number of Topliss-reactive ketones (excluding diaryl/α,β-unsaturated/α-hetero) is 1. The molecule has 2 N–H and O–H groups in total. The molecule has 0 saturated heterocycles. The van der Waals surface area contributed by atoms with Crippen LogP contribution in [-0.2, 0) is 0 Å². The lowest BCUT2D eigenvalue weighted by Crippen LogP contribution is -2.31. The van der Waals surface area contributed by atoms with E-state index in [0.29, 0.717) is 0 Å². The van der Waals surface area contributed by atoms with Gasteiger partial charge in [-0.05, 0) is 43.5 Å². The largest absolute Gasteiger partial charge is 0.497 e. The van der Waals surface area contributed by atoms with E-state index in [1.165, 1.54) is 0 Å². The fraction of sp³-hybridized carbons (Fsp3) is 0.500. The zero-order valence-corrected chi connectivity index (χ0v) is 10.2. The lowest BCUT2D eigenvalue weighted by atomic mass is 9.81. The van der Waals surface area contributed by atoms with Crippen molar-refractivity contribution in [1.29, 1.82) is 0 Å². The molecule has 1 fully saturated rings. The predicted molar refractivity (Wildman–Crippen MR) is 67.3 cm³/mol. The van der Waals surface area contributed by atoms with Crippen molar-refractivity contribution in [3.05, 3.63) is 29.8 Å². The molecule has 1 aliphatic rings. The van der Waals surface area contributed by atoms with Crippen molar-refractivity contribution in [1.82, 2.24) is 0 Å². The first-order chi connectivity index (χ1) is 8.20. The summed E-state index contributed by atoms with van der Waals surface area (Å²) in [6, 6.07) is 7.52. The number of rotatable bonds is 3. The van der Waals surface area contributed by atoms with Gasteiger partial charge in [-0.25, -0.2) is 0 Å². The highest BCUT2D eigenvalue weighted by molar-refractivity contribution is 5.98. The summed E-state index contributed by atoms with van der Waals surface area (Å²) in [5, 5.41) is 0. The first-order valence-corrected chi connectivity index (χ1v) is 6.14.